The Morgan fingerprint density at radius 3 is 2.63 bits per heavy atom. The molecular weight excluding hydrogens is 240 g/mol. The van der Waals surface area contributed by atoms with Crippen LogP contribution in [0, 0.1) is 6.92 Å². The Hall–Kier alpha value is -1.81. The Morgan fingerprint density at radius 2 is 2.11 bits per heavy atom. The van der Waals surface area contributed by atoms with Crippen molar-refractivity contribution in [3.05, 3.63) is 35.4 Å². The minimum Gasteiger partial charge on any atom is -0.444 e. The maximum atomic E-state index is 11.7. The second kappa shape index (κ2) is 6.38. The van der Waals surface area contributed by atoms with E-state index < -0.39 is 11.7 Å². The third kappa shape index (κ3) is 5.57. The third-order valence-electron chi connectivity index (χ3n) is 2.33. The van der Waals surface area contributed by atoms with E-state index in [1.54, 1.807) is 0 Å². The molecule has 0 aromatic heterocycles. The van der Waals surface area contributed by atoms with Crippen molar-refractivity contribution in [2.24, 2.45) is 5.73 Å². The first-order valence-electron chi connectivity index (χ1n) is 6.29. The molecule has 0 aliphatic carbocycles. The predicted molar refractivity (Wildman–Crippen MR) is 79.1 cm³/mol. The number of anilines is 1. The number of rotatable bonds is 3. The smallest absolute Gasteiger partial charge is 0.412 e. The average Bonchev–Trinajstić information content (AvgIpc) is 2.27. The average molecular weight is 262 g/mol. The van der Waals surface area contributed by atoms with Crippen LogP contribution in [0.3, 0.4) is 0 Å². The molecule has 0 atom stereocenters. The lowest BCUT2D eigenvalue weighted by molar-refractivity contribution is 0.0636. The van der Waals surface area contributed by atoms with Crippen LogP contribution < -0.4 is 11.1 Å². The maximum Gasteiger partial charge on any atom is 0.412 e. The van der Waals surface area contributed by atoms with E-state index in [-0.39, 0.29) is 0 Å². The van der Waals surface area contributed by atoms with Crippen molar-refractivity contribution in [3.8, 4) is 0 Å². The van der Waals surface area contributed by atoms with E-state index in [0.717, 1.165) is 16.8 Å². The van der Waals surface area contributed by atoms with E-state index in [1.807, 2.05) is 58.0 Å². The number of hydrogen-bond acceptors (Lipinski definition) is 3. The maximum absolute atomic E-state index is 11.7. The first kappa shape index (κ1) is 15.2. The van der Waals surface area contributed by atoms with E-state index in [4.69, 9.17) is 10.5 Å². The Bertz CT molecular complexity index is 474. The summed E-state index contributed by atoms with van der Waals surface area (Å²) in [6.45, 7) is 7.95. The normalized spacial score (nSPS) is 11.6. The van der Waals surface area contributed by atoms with Gasteiger partial charge in [0.25, 0.3) is 0 Å². The van der Waals surface area contributed by atoms with Gasteiger partial charge in [-0.25, -0.2) is 4.79 Å². The van der Waals surface area contributed by atoms with Crippen molar-refractivity contribution in [2.45, 2.75) is 33.3 Å². The largest absolute Gasteiger partial charge is 0.444 e. The Morgan fingerprint density at radius 1 is 1.42 bits per heavy atom. The highest BCUT2D eigenvalue weighted by Gasteiger charge is 2.16. The summed E-state index contributed by atoms with van der Waals surface area (Å²) < 4.78 is 5.21. The summed E-state index contributed by atoms with van der Waals surface area (Å²) in [5.41, 5.74) is 7.69. The molecule has 0 aliphatic rings. The van der Waals surface area contributed by atoms with Crippen LogP contribution in [0.15, 0.2) is 24.3 Å². The zero-order valence-corrected chi connectivity index (χ0v) is 12.0. The van der Waals surface area contributed by atoms with Crippen LogP contribution in [0.1, 0.15) is 31.9 Å². The van der Waals surface area contributed by atoms with Crippen LogP contribution in [0.4, 0.5) is 10.5 Å². The van der Waals surface area contributed by atoms with E-state index in [1.165, 1.54) is 0 Å². The molecule has 0 radical (unpaired) electrons. The molecule has 1 amide bonds. The minimum atomic E-state index is -0.498. The van der Waals surface area contributed by atoms with Crippen LogP contribution >= 0.6 is 0 Å². The summed E-state index contributed by atoms with van der Waals surface area (Å²) in [5, 5.41) is 2.74. The SMILES string of the molecule is Cc1cc(/C=C/CN)ccc1NC(=O)OC(C)(C)C. The molecule has 1 rings (SSSR count). The highest BCUT2D eigenvalue weighted by molar-refractivity contribution is 5.86. The number of carbonyl (C=O) groups excluding carboxylic acids is 1. The molecule has 1 aromatic rings. The summed E-state index contributed by atoms with van der Waals surface area (Å²) in [4.78, 5) is 11.7. The molecule has 0 fully saturated rings. The van der Waals surface area contributed by atoms with Gasteiger partial charge in [-0.05, 0) is 51.0 Å². The zero-order valence-electron chi connectivity index (χ0n) is 12.0. The van der Waals surface area contributed by atoms with Gasteiger partial charge < -0.3 is 10.5 Å². The van der Waals surface area contributed by atoms with E-state index in [2.05, 4.69) is 5.32 Å². The number of amides is 1. The molecule has 0 heterocycles. The topological polar surface area (TPSA) is 64.3 Å². The zero-order chi connectivity index (χ0) is 14.5. The van der Waals surface area contributed by atoms with E-state index >= 15 is 0 Å². The highest BCUT2D eigenvalue weighted by atomic mass is 16.6. The first-order chi connectivity index (χ1) is 8.81. The molecule has 19 heavy (non-hydrogen) atoms. The monoisotopic (exact) mass is 262 g/mol. The van der Waals surface area contributed by atoms with Gasteiger partial charge in [0.1, 0.15) is 5.60 Å². The van der Waals surface area contributed by atoms with Crippen LogP contribution in [0.2, 0.25) is 0 Å². The molecule has 0 unspecified atom stereocenters. The van der Waals surface area contributed by atoms with Crippen LogP contribution in [-0.4, -0.2) is 18.2 Å². The Balaban J connectivity index is 2.75. The van der Waals surface area contributed by atoms with E-state index in [9.17, 15) is 4.79 Å². The molecule has 4 nitrogen and oxygen atoms in total. The number of ether oxygens (including phenoxy) is 1. The number of nitrogens with one attached hydrogen (secondary N) is 1. The van der Waals surface area contributed by atoms with Crippen LogP contribution in [0.25, 0.3) is 6.08 Å². The molecule has 4 heteroatoms. The summed E-state index contributed by atoms with van der Waals surface area (Å²) in [5.74, 6) is 0. The number of hydrogen-bond donors (Lipinski definition) is 2. The summed E-state index contributed by atoms with van der Waals surface area (Å²) in [6, 6.07) is 5.76. The minimum absolute atomic E-state index is 0.444. The van der Waals surface area contributed by atoms with Crippen molar-refractivity contribution in [3.63, 3.8) is 0 Å². The van der Waals surface area contributed by atoms with Gasteiger partial charge in [0.15, 0.2) is 0 Å². The Kier molecular flexibility index (Phi) is 5.12. The van der Waals surface area contributed by atoms with Crippen LogP contribution in [-0.2, 0) is 4.74 Å². The van der Waals surface area contributed by atoms with Crippen LogP contribution in [0.5, 0.6) is 0 Å². The molecule has 104 valence electrons. The molecule has 1 aromatic carbocycles. The van der Waals surface area contributed by atoms with Gasteiger partial charge in [0.2, 0.25) is 0 Å². The molecule has 0 aliphatic heterocycles. The number of carbonyl (C=O) groups is 1. The fourth-order valence-electron chi connectivity index (χ4n) is 1.55. The Labute approximate surface area is 114 Å². The summed E-state index contributed by atoms with van der Waals surface area (Å²) >= 11 is 0. The number of benzene rings is 1. The second-order valence-corrected chi connectivity index (χ2v) is 5.34. The molecule has 0 saturated carbocycles. The predicted octanol–water partition coefficient (Wildman–Crippen LogP) is 3.31. The summed E-state index contributed by atoms with van der Waals surface area (Å²) in [6.07, 6.45) is 3.39. The first-order valence-corrected chi connectivity index (χ1v) is 6.29. The van der Waals surface area contributed by atoms with Gasteiger partial charge in [-0.15, -0.1) is 0 Å². The standard InChI is InChI=1S/C15H22N2O2/c1-11-10-12(6-5-9-16)7-8-13(11)17-14(18)19-15(2,3)4/h5-8,10H,9,16H2,1-4H3,(H,17,18)/b6-5+. The van der Waals surface area contributed by atoms with Gasteiger partial charge in [0, 0.05) is 12.2 Å². The second-order valence-electron chi connectivity index (χ2n) is 5.34. The fourth-order valence-corrected chi connectivity index (χ4v) is 1.55. The molecule has 3 N–H and O–H groups in total. The lowest BCUT2D eigenvalue weighted by atomic mass is 10.1. The van der Waals surface area contributed by atoms with Gasteiger partial charge >= 0.3 is 6.09 Å². The number of nitrogens with two attached hydrogens (primary N) is 1. The van der Waals surface area contributed by atoms with Gasteiger partial charge in [-0.1, -0.05) is 18.2 Å². The number of aryl methyl sites for hydroxylation is 1. The van der Waals surface area contributed by atoms with Crippen molar-refractivity contribution in [1.29, 1.82) is 0 Å². The highest BCUT2D eigenvalue weighted by Crippen LogP contribution is 2.18. The lowest BCUT2D eigenvalue weighted by Gasteiger charge is -2.20. The fraction of sp³-hybridized carbons (Fsp3) is 0.400. The van der Waals surface area contributed by atoms with Crippen molar-refractivity contribution in [1.82, 2.24) is 0 Å². The van der Waals surface area contributed by atoms with Gasteiger partial charge in [0.05, 0.1) is 0 Å². The van der Waals surface area contributed by atoms with Gasteiger partial charge in [-0.3, -0.25) is 5.32 Å². The van der Waals surface area contributed by atoms with Crippen molar-refractivity contribution in [2.75, 3.05) is 11.9 Å². The molecule has 0 spiro atoms. The molecule has 0 saturated heterocycles. The summed E-state index contributed by atoms with van der Waals surface area (Å²) in [7, 11) is 0. The van der Waals surface area contributed by atoms with Crippen molar-refractivity contribution >= 4 is 17.9 Å². The third-order valence-corrected chi connectivity index (χ3v) is 2.33. The molecular formula is C15H22N2O2. The van der Waals surface area contributed by atoms with E-state index in [0.29, 0.717) is 6.54 Å². The molecule has 0 bridgehead atoms. The lowest BCUT2D eigenvalue weighted by Crippen LogP contribution is -2.27. The quantitative estimate of drug-likeness (QED) is 0.878. The van der Waals surface area contributed by atoms with Crippen molar-refractivity contribution < 1.29 is 9.53 Å². The van der Waals surface area contributed by atoms with Gasteiger partial charge in [-0.2, -0.15) is 0 Å².